The van der Waals surface area contributed by atoms with E-state index < -0.39 is 0 Å². The lowest BCUT2D eigenvalue weighted by atomic mass is 9.89. The highest BCUT2D eigenvalue weighted by atomic mass is 16.5. The van der Waals surface area contributed by atoms with Crippen molar-refractivity contribution in [2.75, 3.05) is 26.2 Å². The van der Waals surface area contributed by atoms with Crippen LogP contribution >= 0.6 is 0 Å². The van der Waals surface area contributed by atoms with Crippen LogP contribution in [0.1, 0.15) is 30.1 Å². The van der Waals surface area contributed by atoms with Gasteiger partial charge < -0.3 is 14.2 Å². The molecule has 1 fully saturated rings. The molecule has 0 atom stereocenters. The van der Waals surface area contributed by atoms with Crippen molar-refractivity contribution in [3.05, 3.63) is 66.0 Å². The first kappa shape index (κ1) is 17.4. The molecule has 1 aromatic heterocycles. The van der Waals surface area contributed by atoms with Crippen LogP contribution in [0.4, 0.5) is 0 Å². The van der Waals surface area contributed by atoms with Crippen LogP contribution in [0.15, 0.2) is 54.6 Å². The van der Waals surface area contributed by atoms with Crippen LogP contribution in [0.3, 0.4) is 0 Å². The number of hydrogen-bond donors (Lipinski definition) is 0. The number of piperidine rings is 1. The zero-order valence-electron chi connectivity index (χ0n) is 16.1. The van der Waals surface area contributed by atoms with Crippen LogP contribution in [0, 0.1) is 0 Å². The predicted molar refractivity (Wildman–Crippen MR) is 110 cm³/mol. The van der Waals surface area contributed by atoms with Crippen molar-refractivity contribution in [3.8, 4) is 17.1 Å². The van der Waals surface area contributed by atoms with Crippen molar-refractivity contribution in [2.45, 2.75) is 31.7 Å². The smallest absolute Gasteiger partial charge is 0.167 e. The molecule has 3 aromatic rings. The fraction of sp³-hybridized carbons (Fsp3) is 0.391. The molecule has 0 saturated carbocycles. The summed E-state index contributed by atoms with van der Waals surface area (Å²) in [5, 5.41) is 9.00. The molecule has 2 aliphatic heterocycles. The molecule has 3 heterocycles. The van der Waals surface area contributed by atoms with E-state index in [1.807, 2.05) is 18.2 Å². The summed E-state index contributed by atoms with van der Waals surface area (Å²) in [4.78, 5) is 2.57. The summed E-state index contributed by atoms with van der Waals surface area (Å²) in [6.45, 7) is 4.83. The van der Waals surface area contributed by atoms with Crippen LogP contribution in [-0.4, -0.2) is 45.9 Å². The summed E-state index contributed by atoms with van der Waals surface area (Å²) >= 11 is 0. The fourth-order valence-electron chi connectivity index (χ4n) is 4.45. The van der Waals surface area contributed by atoms with Gasteiger partial charge in [0.2, 0.25) is 0 Å². The summed E-state index contributed by atoms with van der Waals surface area (Å²) in [7, 11) is 0. The van der Waals surface area contributed by atoms with E-state index in [0.717, 1.165) is 55.6 Å². The van der Waals surface area contributed by atoms with Crippen LogP contribution in [-0.2, 0) is 13.0 Å². The molecule has 0 bridgehead atoms. The van der Waals surface area contributed by atoms with E-state index >= 15 is 0 Å². The first-order chi connectivity index (χ1) is 13.9. The van der Waals surface area contributed by atoms with Gasteiger partial charge in [-0.25, -0.2) is 0 Å². The summed E-state index contributed by atoms with van der Waals surface area (Å²) in [6, 6.07) is 19.1. The Hall–Kier alpha value is -2.66. The minimum absolute atomic E-state index is 0.664. The minimum atomic E-state index is 0.664. The summed E-state index contributed by atoms with van der Waals surface area (Å²) in [5.74, 6) is 3.62. The van der Waals surface area contributed by atoms with E-state index in [-0.39, 0.29) is 0 Å². The Morgan fingerprint density at radius 1 is 0.893 bits per heavy atom. The SMILES string of the molecule is c1ccc(C2CCN(CCc3nnc4n3CCOc3ccccc3-4)CC2)cc1. The monoisotopic (exact) mass is 374 g/mol. The molecule has 0 aliphatic carbocycles. The Bertz CT molecular complexity index is 929. The van der Waals surface area contributed by atoms with Gasteiger partial charge in [0.25, 0.3) is 0 Å². The third-order valence-electron chi connectivity index (χ3n) is 6.04. The first-order valence-corrected chi connectivity index (χ1v) is 10.3. The van der Waals surface area contributed by atoms with E-state index in [0.29, 0.717) is 12.5 Å². The van der Waals surface area contributed by atoms with Crippen molar-refractivity contribution >= 4 is 0 Å². The third kappa shape index (κ3) is 3.42. The summed E-state index contributed by atoms with van der Waals surface area (Å²) < 4.78 is 8.13. The Morgan fingerprint density at radius 3 is 2.54 bits per heavy atom. The first-order valence-electron chi connectivity index (χ1n) is 10.3. The lowest BCUT2D eigenvalue weighted by molar-refractivity contribution is 0.212. The second-order valence-corrected chi connectivity index (χ2v) is 7.71. The number of likely N-dealkylation sites (tertiary alicyclic amines) is 1. The van der Waals surface area contributed by atoms with Gasteiger partial charge in [-0.1, -0.05) is 42.5 Å². The highest BCUT2D eigenvalue weighted by Gasteiger charge is 2.23. The van der Waals surface area contributed by atoms with Crippen molar-refractivity contribution in [2.24, 2.45) is 0 Å². The molecular weight excluding hydrogens is 348 g/mol. The number of aromatic nitrogens is 3. The Balaban J connectivity index is 1.23. The van der Waals surface area contributed by atoms with Gasteiger partial charge in [-0.15, -0.1) is 10.2 Å². The molecule has 2 aliphatic rings. The molecule has 144 valence electrons. The van der Waals surface area contributed by atoms with Gasteiger partial charge >= 0.3 is 0 Å². The standard InChI is InChI=1S/C23H26N4O/c1-2-6-18(7-3-1)19-10-13-26(14-11-19)15-12-22-24-25-23-20-8-4-5-9-21(20)28-17-16-27(22)23/h1-9,19H,10-17H2. The third-order valence-corrected chi connectivity index (χ3v) is 6.04. The lowest BCUT2D eigenvalue weighted by Gasteiger charge is -2.32. The average Bonchev–Trinajstić information content (AvgIpc) is 3.06. The maximum absolute atomic E-state index is 5.89. The molecule has 0 amide bonds. The normalized spacial score (nSPS) is 17.4. The van der Waals surface area contributed by atoms with E-state index in [1.165, 1.54) is 18.4 Å². The lowest BCUT2D eigenvalue weighted by Crippen LogP contribution is -2.34. The predicted octanol–water partition coefficient (Wildman–Crippen LogP) is 3.76. The van der Waals surface area contributed by atoms with E-state index in [1.54, 1.807) is 0 Å². The molecule has 1 saturated heterocycles. The largest absolute Gasteiger partial charge is 0.491 e. The molecule has 0 radical (unpaired) electrons. The number of rotatable bonds is 4. The number of nitrogens with zero attached hydrogens (tertiary/aromatic N) is 4. The fourth-order valence-corrected chi connectivity index (χ4v) is 4.45. The van der Waals surface area contributed by atoms with Gasteiger partial charge in [0.15, 0.2) is 5.82 Å². The average molecular weight is 374 g/mol. The van der Waals surface area contributed by atoms with Crippen molar-refractivity contribution in [1.29, 1.82) is 0 Å². The molecule has 0 N–H and O–H groups in total. The van der Waals surface area contributed by atoms with E-state index in [9.17, 15) is 0 Å². The Morgan fingerprint density at radius 2 is 1.68 bits per heavy atom. The second kappa shape index (κ2) is 7.76. The van der Waals surface area contributed by atoms with Crippen molar-refractivity contribution in [1.82, 2.24) is 19.7 Å². The molecule has 5 nitrogen and oxygen atoms in total. The molecule has 5 heteroatoms. The summed E-state index contributed by atoms with van der Waals surface area (Å²) in [5.41, 5.74) is 2.53. The topological polar surface area (TPSA) is 43.2 Å². The highest BCUT2D eigenvalue weighted by molar-refractivity contribution is 5.64. The Labute approximate surface area is 166 Å². The second-order valence-electron chi connectivity index (χ2n) is 7.71. The van der Waals surface area contributed by atoms with E-state index in [2.05, 4.69) is 56.1 Å². The maximum Gasteiger partial charge on any atom is 0.167 e. The van der Waals surface area contributed by atoms with Crippen molar-refractivity contribution < 1.29 is 4.74 Å². The van der Waals surface area contributed by atoms with Crippen molar-refractivity contribution in [3.63, 3.8) is 0 Å². The maximum atomic E-state index is 5.89. The zero-order chi connectivity index (χ0) is 18.8. The molecule has 0 unspecified atom stereocenters. The summed E-state index contributed by atoms with van der Waals surface area (Å²) in [6.07, 6.45) is 3.41. The van der Waals surface area contributed by atoms with Gasteiger partial charge in [-0.3, -0.25) is 0 Å². The van der Waals surface area contributed by atoms with Crippen LogP contribution < -0.4 is 4.74 Å². The molecule has 2 aromatic carbocycles. The van der Waals surface area contributed by atoms with Crippen LogP contribution in [0.25, 0.3) is 11.4 Å². The van der Waals surface area contributed by atoms with Gasteiger partial charge in [0, 0.05) is 13.0 Å². The molecule has 0 spiro atoms. The number of fused-ring (bicyclic) bond motifs is 3. The van der Waals surface area contributed by atoms with Gasteiger partial charge in [0.1, 0.15) is 18.2 Å². The van der Waals surface area contributed by atoms with Gasteiger partial charge in [-0.2, -0.15) is 0 Å². The molecule has 28 heavy (non-hydrogen) atoms. The number of benzene rings is 2. The van der Waals surface area contributed by atoms with Crippen LogP contribution in [0.5, 0.6) is 5.75 Å². The van der Waals surface area contributed by atoms with Gasteiger partial charge in [0.05, 0.1) is 12.1 Å². The number of hydrogen-bond acceptors (Lipinski definition) is 4. The molecular formula is C23H26N4O. The number of ether oxygens (including phenoxy) is 1. The highest BCUT2D eigenvalue weighted by Crippen LogP contribution is 2.31. The molecule has 5 rings (SSSR count). The quantitative estimate of drug-likeness (QED) is 0.697. The number of para-hydroxylation sites is 1. The van der Waals surface area contributed by atoms with Crippen LogP contribution in [0.2, 0.25) is 0 Å². The van der Waals surface area contributed by atoms with E-state index in [4.69, 9.17) is 4.74 Å². The van der Waals surface area contributed by atoms with Gasteiger partial charge in [-0.05, 0) is 49.5 Å². The zero-order valence-corrected chi connectivity index (χ0v) is 16.1. The Kier molecular flexibility index (Phi) is 4.83. The minimum Gasteiger partial charge on any atom is -0.491 e.